The van der Waals surface area contributed by atoms with Gasteiger partial charge in [-0.25, -0.2) is 0 Å². The van der Waals surface area contributed by atoms with E-state index in [1.54, 1.807) is 0 Å². The molecule has 0 aliphatic carbocycles. The van der Waals surface area contributed by atoms with Crippen molar-refractivity contribution in [3.63, 3.8) is 0 Å². The highest BCUT2D eigenvalue weighted by Gasteiger charge is 2.13. The molecule has 1 saturated heterocycles. The van der Waals surface area contributed by atoms with Gasteiger partial charge < -0.3 is 10.6 Å². The Labute approximate surface area is 119 Å². The van der Waals surface area contributed by atoms with E-state index in [9.17, 15) is 0 Å². The molecule has 0 spiro atoms. The maximum atomic E-state index is 4.34. The Bertz CT molecular complexity index is 559. The highest BCUT2D eigenvalue weighted by atomic mass is 15.2. The van der Waals surface area contributed by atoms with Gasteiger partial charge in [0.1, 0.15) is 5.82 Å². The lowest BCUT2D eigenvalue weighted by Crippen LogP contribution is -2.38. The van der Waals surface area contributed by atoms with Crippen LogP contribution in [0.15, 0.2) is 36.4 Å². The first kappa shape index (κ1) is 13.1. The number of piperidine rings is 1. The SMILES string of the molecule is Cc1ccccc1-c1ccc(NC2CCCNC2)nn1. The van der Waals surface area contributed by atoms with Crippen molar-refractivity contribution >= 4 is 5.82 Å². The van der Waals surface area contributed by atoms with Crippen molar-refractivity contribution in [2.45, 2.75) is 25.8 Å². The fourth-order valence-corrected chi connectivity index (χ4v) is 2.60. The topological polar surface area (TPSA) is 49.8 Å². The smallest absolute Gasteiger partial charge is 0.148 e. The van der Waals surface area contributed by atoms with Crippen LogP contribution in [0.3, 0.4) is 0 Å². The van der Waals surface area contributed by atoms with Crippen LogP contribution in [-0.4, -0.2) is 29.3 Å². The van der Waals surface area contributed by atoms with Crippen molar-refractivity contribution in [1.82, 2.24) is 15.5 Å². The summed E-state index contributed by atoms with van der Waals surface area (Å²) in [7, 11) is 0. The molecule has 1 aliphatic rings. The number of benzene rings is 1. The predicted octanol–water partition coefficient (Wildman–Crippen LogP) is 2.62. The van der Waals surface area contributed by atoms with Gasteiger partial charge in [-0.3, -0.25) is 0 Å². The zero-order valence-electron chi connectivity index (χ0n) is 11.8. The van der Waals surface area contributed by atoms with Crippen molar-refractivity contribution in [2.75, 3.05) is 18.4 Å². The molecule has 1 unspecified atom stereocenters. The number of anilines is 1. The second kappa shape index (κ2) is 6.01. The zero-order valence-corrected chi connectivity index (χ0v) is 11.8. The summed E-state index contributed by atoms with van der Waals surface area (Å²) < 4.78 is 0. The molecule has 1 aromatic heterocycles. The molecule has 4 nitrogen and oxygen atoms in total. The van der Waals surface area contributed by atoms with E-state index in [0.717, 1.165) is 30.2 Å². The highest BCUT2D eigenvalue weighted by Crippen LogP contribution is 2.21. The average molecular weight is 268 g/mol. The number of hydrogen-bond donors (Lipinski definition) is 2. The summed E-state index contributed by atoms with van der Waals surface area (Å²) in [4.78, 5) is 0. The maximum Gasteiger partial charge on any atom is 0.148 e. The van der Waals surface area contributed by atoms with Gasteiger partial charge in [0.05, 0.1) is 5.69 Å². The van der Waals surface area contributed by atoms with Gasteiger partial charge in [0.15, 0.2) is 0 Å². The molecule has 20 heavy (non-hydrogen) atoms. The molecule has 2 N–H and O–H groups in total. The lowest BCUT2D eigenvalue weighted by atomic mass is 10.1. The van der Waals surface area contributed by atoms with E-state index in [-0.39, 0.29) is 0 Å². The molecular formula is C16H20N4. The maximum absolute atomic E-state index is 4.34. The molecule has 1 aliphatic heterocycles. The van der Waals surface area contributed by atoms with E-state index in [2.05, 4.69) is 39.9 Å². The Hall–Kier alpha value is -1.94. The minimum Gasteiger partial charge on any atom is -0.365 e. The van der Waals surface area contributed by atoms with E-state index >= 15 is 0 Å². The molecule has 104 valence electrons. The molecule has 2 heterocycles. The zero-order chi connectivity index (χ0) is 13.8. The molecule has 1 atom stereocenters. The minimum atomic E-state index is 0.461. The number of hydrogen-bond acceptors (Lipinski definition) is 4. The molecule has 1 fully saturated rings. The van der Waals surface area contributed by atoms with E-state index in [1.807, 2.05) is 24.3 Å². The summed E-state index contributed by atoms with van der Waals surface area (Å²) in [6.07, 6.45) is 2.40. The van der Waals surface area contributed by atoms with Crippen molar-refractivity contribution in [3.05, 3.63) is 42.0 Å². The molecule has 1 aromatic carbocycles. The van der Waals surface area contributed by atoms with E-state index in [4.69, 9.17) is 0 Å². The van der Waals surface area contributed by atoms with Gasteiger partial charge in [-0.05, 0) is 44.0 Å². The molecule has 3 rings (SSSR count). The van der Waals surface area contributed by atoms with Crippen LogP contribution in [0.4, 0.5) is 5.82 Å². The van der Waals surface area contributed by atoms with Gasteiger partial charge >= 0.3 is 0 Å². The normalized spacial score (nSPS) is 18.8. The monoisotopic (exact) mass is 268 g/mol. The van der Waals surface area contributed by atoms with Crippen LogP contribution in [0.1, 0.15) is 18.4 Å². The number of nitrogens with one attached hydrogen (secondary N) is 2. The van der Waals surface area contributed by atoms with Crippen LogP contribution in [0.25, 0.3) is 11.3 Å². The van der Waals surface area contributed by atoms with Crippen LogP contribution < -0.4 is 10.6 Å². The van der Waals surface area contributed by atoms with Crippen LogP contribution in [-0.2, 0) is 0 Å². The fraction of sp³-hybridized carbons (Fsp3) is 0.375. The van der Waals surface area contributed by atoms with Gasteiger partial charge in [-0.15, -0.1) is 10.2 Å². The summed E-state index contributed by atoms with van der Waals surface area (Å²) in [6.45, 7) is 4.22. The van der Waals surface area contributed by atoms with Crippen molar-refractivity contribution < 1.29 is 0 Å². The predicted molar refractivity (Wildman–Crippen MR) is 81.7 cm³/mol. The Morgan fingerprint density at radius 3 is 2.75 bits per heavy atom. The lowest BCUT2D eigenvalue weighted by Gasteiger charge is -2.24. The molecule has 0 saturated carbocycles. The van der Waals surface area contributed by atoms with Gasteiger partial charge in [-0.1, -0.05) is 24.3 Å². The number of rotatable bonds is 3. The van der Waals surface area contributed by atoms with Crippen LogP contribution in [0, 0.1) is 6.92 Å². The van der Waals surface area contributed by atoms with E-state index in [0.29, 0.717) is 6.04 Å². The molecule has 4 heteroatoms. The third kappa shape index (κ3) is 2.96. The van der Waals surface area contributed by atoms with Crippen LogP contribution >= 0.6 is 0 Å². The molecule has 0 amide bonds. The highest BCUT2D eigenvalue weighted by molar-refractivity contribution is 5.63. The second-order valence-electron chi connectivity index (χ2n) is 5.31. The van der Waals surface area contributed by atoms with Crippen LogP contribution in [0.5, 0.6) is 0 Å². The molecule has 0 bridgehead atoms. The first-order chi connectivity index (χ1) is 9.83. The fourth-order valence-electron chi connectivity index (χ4n) is 2.60. The summed E-state index contributed by atoms with van der Waals surface area (Å²) in [5.41, 5.74) is 3.29. The first-order valence-electron chi connectivity index (χ1n) is 7.20. The quantitative estimate of drug-likeness (QED) is 0.898. The van der Waals surface area contributed by atoms with Crippen molar-refractivity contribution in [2.24, 2.45) is 0 Å². The number of aromatic nitrogens is 2. The molecule has 0 radical (unpaired) electrons. The largest absolute Gasteiger partial charge is 0.365 e. The van der Waals surface area contributed by atoms with Crippen molar-refractivity contribution in [3.8, 4) is 11.3 Å². The van der Waals surface area contributed by atoms with E-state index < -0.39 is 0 Å². The summed E-state index contributed by atoms with van der Waals surface area (Å²) >= 11 is 0. The first-order valence-corrected chi connectivity index (χ1v) is 7.20. The average Bonchev–Trinajstić information content (AvgIpc) is 2.50. The summed E-state index contributed by atoms with van der Waals surface area (Å²) in [6, 6.07) is 12.8. The molecule has 2 aromatic rings. The van der Waals surface area contributed by atoms with Gasteiger partial charge in [0, 0.05) is 18.2 Å². The number of nitrogens with zero attached hydrogens (tertiary/aromatic N) is 2. The van der Waals surface area contributed by atoms with Gasteiger partial charge in [0.25, 0.3) is 0 Å². The van der Waals surface area contributed by atoms with Gasteiger partial charge in [-0.2, -0.15) is 0 Å². The Morgan fingerprint density at radius 2 is 2.05 bits per heavy atom. The Kier molecular flexibility index (Phi) is 3.92. The summed E-state index contributed by atoms with van der Waals surface area (Å²) in [5.74, 6) is 0.857. The van der Waals surface area contributed by atoms with Gasteiger partial charge in [0.2, 0.25) is 0 Å². The van der Waals surface area contributed by atoms with Crippen molar-refractivity contribution in [1.29, 1.82) is 0 Å². The second-order valence-corrected chi connectivity index (χ2v) is 5.31. The summed E-state index contributed by atoms with van der Waals surface area (Å²) in [5, 5.41) is 15.5. The number of aryl methyl sites for hydroxylation is 1. The standard InChI is InChI=1S/C16H20N4/c1-12-5-2-3-7-14(12)15-8-9-16(20-19-15)18-13-6-4-10-17-11-13/h2-3,5,7-9,13,17H,4,6,10-11H2,1H3,(H,18,20). The third-order valence-corrected chi connectivity index (χ3v) is 3.73. The minimum absolute atomic E-state index is 0.461. The Balaban J connectivity index is 1.73. The van der Waals surface area contributed by atoms with E-state index in [1.165, 1.54) is 18.4 Å². The third-order valence-electron chi connectivity index (χ3n) is 3.73. The van der Waals surface area contributed by atoms with Crippen LogP contribution in [0.2, 0.25) is 0 Å². The lowest BCUT2D eigenvalue weighted by molar-refractivity contribution is 0.478. The molecular weight excluding hydrogens is 248 g/mol. The Morgan fingerprint density at radius 1 is 1.15 bits per heavy atom.